The first-order valence-electron chi connectivity index (χ1n) is 9.89. The maximum atomic E-state index is 12.5. The number of rotatable bonds is 8. The summed E-state index contributed by atoms with van der Waals surface area (Å²) in [6.45, 7) is 4.16. The van der Waals surface area contributed by atoms with Crippen LogP contribution in [0.5, 0.6) is 11.8 Å². The summed E-state index contributed by atoms with van der Waals surface area (Å²) < 4.78 is 35.3. The largest absolute Gasteiger partial charge is 0.424 e. The Morgan fingerprint density at radius 3 is 2.74 bits per heavy atom. The standard InChI is InChI=1S/C22H23N5O3S/c1-3-27-21(16(2)26-31(28,29)14-12-17-7-5-4-6-8-17)24-25-22(27)30-19-10-9-18-11-13-23-20(18)15-19/h4-16,23,26H,3H2,1-2H3/b14-12+/t16-/m1/s1. The van der Waals surface area contributed by atoms with Gasteiger partial charge in [0.25, 0.3) is 0 Å². The molecular formula is C22H23N5O3S. The third kappa shape index (κ3) is 4.84. The van der Waals surface area contributed by atoms with E-state index in [0.29, 0.717) is 24.1 Å². The molecule has 1 atom stereocenters. The van der Waals surface area contributed by atoms with E-state index in [-0.39, 0.29) is 0 Å². The number of aromatic nitrogens is 4. The monoisotopic (exact) mass is 437 g/mol. The predicted molar refractivity (Wildman–Crippen MR) is 120 cm³/mol. The third-order valence-corrected chi connectivity index (χ3v) is 5.94. The molecule has 4 aromatic rings. The molecule has 0 aliphatic carbocycles. The van der Waals surface area contributed by atoms with Crippen molar-refractivity contribution in [1.29, 1.82) is 0 Å². The maximum Gasteiger partial charge on any atom is 0.322 e. The van der Waals surface area contributed by atoms with Crippen LogP contribution in [0, 0.1) is 0 Å². The summed E-state index contributed by atoms with van der Waals surface area (Å²) in [7, 11) is -3.68. The van der Waals surface area contributed by atoms with Gasteiger partial charge in [-0.25, -0.2) is 13.1 Å². The van der Waals surface area contributed by atoms with Crippen LogP contribution in [-0.2, 0) is 16.6 Å². The molecule has 0 unspecified atom stereocenters. The van der Waals surface area contributed by atoms with Crippen molar-refractivity contribution in [2.75, 3.05) is 0 Å². The average molecular weight is 438 g/mol. The lowest BCUT2D eigenvalue weighted by molar-refractivity contribution is 0.408. The van der Waals surface area contributed by atoms with Crippen molar-refractivity contribution >= 4 is 27.0 Å². The first-order chi connectivity index (χ1) is 14.9. The number of ether oxygens (including phenoxy) is 1. The van der Waals surface area contributed by atoms with E-state index in [1.807, 2.05) is 67.7 Å². The first-order valence-corrected chi connectivity index (χ1v) is 11.4. The zero-order valence-corrected chi connectivity index (χ0v) is 18.0. The van der Waals surface area contributed by atoms with Crippen LogP contribution in [0.25, 0.3) is 17.0 Å². The van der Waals surface area contributed by atoms with E-state index in [1.165, 1.54) is 0 Å². The second kappa shape index (κ2) is 8.75. The highest BCUT2D eigenvalue weighted by atomic mass is 32.2. The molecule has 8 nitrogen and oxygen atoms in total. The number of benzene rings is 2. The molecule has 2 aromatic heterocycles. The van der Waals surface area contributed by atoms with E-state index in [2.05, 4.69) is 19.9 Å². The van der Waals surface area contributed by atoms with Crippen LogP contribution >= 0.6 is 0 Å². The molecule has 0 fully saturated rings. The quantitative estimate of drug-likeness (QED) is 0.430. The Bertz CT molecular complexity index is 1310. The Morgan fingerprint density at radius 2 is 1.97 bits per heavy atom. The van der Waals surface area contributed by atoms with Crippen molar-refractivity contribution in [2.45, 2.75) is 26.4 Å². The summed E-state index contributed by atoms with van der Waals surface area (Å²) >= 11 is 0. The molecule has 9 heteroatoms. The van der Waals surface area contributed by atoms with Crippen molar-refractivity contribution < 1.29 is 13.2 Å². The molecule has 2 N–H and O–H groups in total. The fourth-order valence-corrected chi connectivity index (χ4v) is 4.27. The number of nitrogens with one attached hydrogen (secondary N) is 2. The SMILES string of the molecule is CCn1c(Oc2ccc3cc[nH]c3c2)nnc1[C@@H](C)NS(=O)(=O)/C=C/c1ccccc1. The molecule has 0 radical (unpaired) electrons. The Morgan fingerprint density at radius 1 is 1.16 bits per heavy atom. The van der Waals surface area contributed by atoms with Gasteiger partial charge in [-0.05, 0) is 49.1 Å². The zero-order valence-electron chi connectivity index (χ0n) is 17.2. The molecule has 2 aromatic carbocycles. The summed E-state index contributed by atoms with van der Waals surface area (Å²) in [5, 5.41) is 10.5. The molecule has 0 aliphatic rings. The highest BCUT2D eigenvalue weighted by Gasteiger charge is 2.21. The molecule has 2 heterocycles. The number of aromatic amines is 1. The van der Waals surface area contributed by atoms with Crippen molar-refractivity contribution in [3.8, 4) is 11.8 Å². The molecule has 0 bridgehead atoms. The predicted octanol–water partition coefficient (Wildman–Crippen LogP) is 4.22. The van der Waals surface area contributed by atoms with Crippen LogP contribution in [0.2, 0.25) is 0 Å². The molecule has 0 amide bonds. The van der Waals surface area contributed by atoms with Crippen LogP contribution in [-0.4, -0.2) is 28.2 Å². The van der Waals surface area contributed by atoms with Gasteiger partial charge in [0.15, 0.2) is 5.82 Å². The molecule has 31 heavy (non-hydrogen) atoms. The minimum Gasteiger partial charge on any atom is -0.424 e. The minimum atomic E-state index is -3.68. The molecule has 160 valence electrons. The molecular weight excluding hydrogens is 414 g/mol. The van der Waals surface area contributed by atoms with Gasteiger partial charge in [0.1, 0.15) is 5.75 Å². The first kappa shape index (κ1) is 20.8. The van der Waals surface area contributed by atoms with Crippen molar-refractivity contribution in [1.82, 2.24) is 24.5 Å². The molecule has 4 rings (SSSR count). The van der Waals surface area contributed by atoms with Gasteiger partial charge in [0.05, 0.1) is 6.04 Å². The Balaban J connectivity index is 1.51. The van der Waals surface area contributed by atoms with Gasteiger partial charge >= 0.3 is 6.01 Å². The highest BCUT2D eigenvalue weighted by Crippen LogP contribution is 2.26. The smallest absolute Gasteiger partial charge is 0.322 e. The normalized spacial score (nSPS) is 13.1. The van der Waals surface area contributed by atoms with Gasteiger partial charge in [0, 0.05) is 29.7 Å². The Hall–Kier alpha value is -3.43. The van der Waals surface area contributed by atoms with Crippen LogP contribution in [0.1, 0.15) is 31.3 Å². The lowest BCUT2D eigenvalue weighted by Gasteiger charge is -2.14. The summed E-state index contributed by atoms with van der Waals surface area (Å²) in [6, 6.07) is 16.6. The number of sulfonamides is 1. The van der Waals surface area contributed by atoms with Gasteiger partial charge in [-0.2, -0.15) is 0 Å². The molecule has 0 spiro atoms. The van der Waals surface area contributed by atoms with E-state index in [1.54, 1.807) is 17.6 Å². The van der Waals surface area contributed by atoms with Crippen LogP contribution in [0.3, 0.4) is 0 Å². The second-order valence-corrected chi connectivity index (χ2v) is 8.61. The van der Waals surface area contributed by atoms with Gasteiger partial charge in [0.2, 0.25) is 10.0 Å². The van der Waals surface area contributed by atoms with E-state index in [0.717, 1.165) is 21.9 Å². The van der Waals surface area contributed by atoms with E-state index in [4.69, 9.17) is 4.74 Å². The number of fused-ring (bicyclic) bond motifs is 1. The van der Waals surface area contributed by atoms with Gasteiger partial charge in [-0.15, -0.1) is 5.10 Å². The summed E-state index contributed by atoms with van der Waals surface area (Å²) in [4.78, 5) is 3.14. The van der Waals surface area contributed by atoms with Crippen LogP contribution in [0.15, 0.2) is 66.2 Å². The number of hydrogen-bond donors (Lipinski definition) is 2. The third-order valence-electron chi connectivity index (χ3n) is 4.76. The fourth-order valence-electron chi connectivity index (χ4n) is 3.26. The number of hydrogen-bond acceptors (Lipinski definition) is 5. The Labute approximate surface area is 180 Å². The van der Waals surface area contributed by atoms with Crippen molar-refractivity contribution in [3.63, 3.8) is 0 Å². The van der Waals surface area contributed by atoms with E-state index >= 15 is 0 Å². The van der Waals surface area contributed by atoms with Gasteiger partial charge in [-0.1, -0.05) is 35.4 Å². The molecule has 0 saturated heterocycles. The average Bonchev–Trinajstić information content (AvgIpc) is 3.39. The highest BCUT2D eigenvalue weighted by molar-refractivity contribution is 7.92. The van der Waals surface area contributed by atoms with Crippen molar-refractivity contribution in [3.05, 3.63) is 77.6 Å². The number of H-pyrrole nitrogens is 1. The zero-order chi connectivity index (χ0) is 21.8. The Kier molecular flexibility index (Phi) is 5.88. The van der Waals surface area contributed by atoms with E-state index in [9.17, 15) is 8.42 Å². The lowest BCUT2D eigenvalue weighted by atomic mass is 10.2. The second-order valence-electron chi connectivity index (χ2n) is 7.01. The van der Waals surface area contributed by atoms with Gasteiger partial charge in [-0.3, -0.25) is 4.57 Å². The summed E-state index contributed by atoms with van der Waals surface area (Å²) in [5.41, 5.74) is 1.75. The minimum absolute atomic E-state index is 0.300. The lowest BCUT2D eigenvalue weighted by Crippen LogP contribution is -2.27. The summed E-state index contributed by atoms with van der Waals surface area (Å²) in [6.07, 6.45) is 3.41. The molecule has 0 aliphatic heterocycles. The van der Waals surface area contributed by atoms with Crippen molar-refractivity contribution in [2.24, 2.45) is 0 Å². The van der Waals surface area contributed by atoms with E-state index < -0.39 is 16.1 Å². The fraction of sp³-hybridized carbons (Fsp3) is 0.182. The molecule has 0 saturated carbocycles. The maximum absolute atomic E-state index is 12.5. The van der Waals surface area contributed by atoms with Gasteiger partial charge < -0.3 is 9.72 Å². The number of nitrogens with zero attached hydrogens (tertiary/aromatic N) is 3. The summed E-state index contributed by atoms with van der Waals surface area (Å²) in [5.74, 6) is 1.08. The topological polar surface area (TPSA) is 102 Å². The van der Waals surface area contributed by atoms with Crippen LogP contribution < -0.4 is 9.46 Å². The van der Waals surface area contributed by atoms with Crippen LogP contribution in [0.4, 0.5) is 0 Å².